The van der Waals surface area contributed by atoms with Crippen molar-refractivity contribution in [2.45, 2.75) is 30.9 Å². The van der Waals surface area contributed by atoms with E-state index in [2.05, 4.69) is 35.6 Å². The topological polar surface area (TPSA) is 32.3 Å². The smallest absolute Gasteiger partial charge is 0.0942 e. The van der Waals surface area contributed by atoms with Crippen molar-refractivity contribution in [1.82, 2.24) is 5.32 Å². The Labute approximate surface area is 120 Å². The number of aliphatic hydroxyl groups is 1. The predicted molar refractivity (Wildman–Crippen MR) is 81.6 cm³/mol. The van der Waals surface area contributed by atoms with Gasteiger partial charge in [-0.2, -0.15) is 0 Å². The second-order valence-corrected chi connectivity index (χ2v) is 5.56. The molecule has 3 unspecified atom stereocenters. The maximum Gasteiger partial charge on any atom is 0.0942 e. The van der Waals surface area contributed by atoms with Crippen molar-refractivity contribution in [2.24, 2.45) is 0 Å². The van der Waals surface area contributed by atoms with Crippen LogP contribution >= 0.6 is 0 Å². The quantitative estimate of drug-likeness (QED) is 0.894. The van der Waals surface area contributed by atoms with Gasteiger partial charge in [-0.3, -0.25) is 0 Å². The highest BCUT2D eigenvalue weighted by atomic mass is 16.3. The molecule has 0 amide bonds. The molecule has 1 aliphatic rings. The van der Waals surface area contributed by atoms with E-state index < -0.39 is 6.10 Å². The standard InChI is InChI=1S/C18H21NO/c20-18(15-9-5-2-6-10-15)17-12-11-16(13-19-17)14-7-3-1-4-8-14/h1-10,16-20H,11-13H2. The molecule has 104 valence electrons. The number of benzene rings is 2. The normalized spacial score (nSPS) is 24.2. The van der Waals surface area contributed by atoms with Crippen LogP contribution in [-0.4, -0.2) is 17.7 Å². The van der Waals surface area contributed by atoms with E-state index in [9.17, 15) is 5.11 Å². The molecule has 2 heteroatoms. The van der Waals surface area contributed by atoms with Crippen molar-refractivity contribution >= 4 is 0 Å². The highest BCUT2D eigenvalue weighted by Crippen LogP contribution is 2.29. The molecular weight excluding hydrogens is 246 g/mol. The van der Waals surface area contributed by atoms with E-state index in [4.69, 9.17) is 0 Å². The lowest BCUT2D eigenvalue weighted by Gasteiger charge is -2.33. The molecule has 0 bridgehead atoms. The zero-order valence-electron chi connectivity index (χ0n) is 11.6. The van der Waals surface area contributed by atoms with Crippen molar-refractivity contribution < 1.29 is 5.11 Å². The molecule has 3 rings (SSSR count). The molecule has 2 nitrogen and oxygen atoms in total. The van der Waals surface area contributed by atoms with Crippen LogP contribution in [0.2, 0.25) is 0 Å². The third-order valence-electron chi connectivity index (χ3n) is 4.25. The maximum absolute atomic E-state index is 10.4. The van der Waals surface area contributed by atoms with Gasteiger partial charge in [0.15, 0.2) is 0 Å². The van der Waals surface area contributed by atoms with Crippen molar-refractivity contribution in [3.05, 3.63) is 71.8 Å². The first-order valence-corrected chi connectivity index (χ1v) is 7.36. The van der Waals surface area contributed by atoms with Gasteiger partial charge in [0.2, 0.25) is 0 Å². The Balaban J connectivity index is 1.61. The molecule has 0 saturated carbocycles. The van der Waals surface area contributed by atoms with Gasteiger partial charge in [-0.15, -0.1) is 0 Å². The van der Waals surface area contributed by atoms with E-state index in [0.717, 1.165) is 24.9 Å². The van der Waals surface area contributed by atoms with Crippen LogP contribution in [0.15, 0.2) is 60.7 Å². The summed E-state index contributed by atoms with van der Waals surface area (Å²) in [5.74, 6) is 0.565. The summed E-state index contributed by atoms with van der Waals surface area (Å²) >= 11 is 0. The lowest BCUT2D eigenvalue weighted by Crippen LogP contribution is -2.41. The monoisotopic (exact) mass is 267 g/mol. The van der Waals surface area contributed by atoms with Gasteiger partial charge in [0.25, 0.3) is 0 Å². The second-order valence-electron chi connectivity index (χ2n) is 5.56. The van der Waals surface area contributed by atoms with Crippen LogP contribution in [0.3, 0.4) is 0 Å². The number of aliphatic hydroxyl groups excluding tert-OH is 1. The molecular formula is C18H21NO. The Morgan fingerprint density at radius 2 is 1.55 bits per heavy atom. The fraction of sp³-hybridized carbons (Fsp3) is 0.333. The third kappa shape index (κ3) is 2.92. The maximum atomic E-state index is 10.4. The summed E-state index contributed by atoms with van der Waals surface area (Å²) < 4.78 is 0. The lowest BCUT2D eigenvalue weighted by atomic mass is 9.86. The molecule has 0 aromatic heterocycles. The van der Waals surface area contributed by atoms with E-state index in [0.29, 0.717) is 5.92 Å². The van der Waals surface area contributed by atoms with E-state index in [-0.39, 0.29) is 6.04 Å². The van der Waals surface area contributed by atoms with Gasteiger partial charge >= 0.3 is 0 Å². The Hall–Kier alpha value is -1.64. The van der Waals surface area contributed by atoms with Crippen molar-refractivity contribution in [1.29, 1.82) is 0 Å². The Kier molecular flexibility index (Phi) is 4.14. The Bertz CT molecular complexity index is 518. The molecule has 2 aromatic rings. The molecule has 20 heavy (non-hydrogen) atoms. The first-order chi connectivity index (χ1) is 9.84. The summed E-state index contributed by atoms with van der Waals surface area (Å²) in [4.78, 5) is 0. The van der Waals surface area contributed by atoms with Crippen LogP contribution in [0.25, 0.3) is 0 Å². The fourth-order valence-electron chi connectivity index (χ4n) is 3.04. The van der Waals surface area contributed by atoms with E-state index in [1.54, 1.807) is 0 Å². The van der Waals surface area contributed by atoms with E-state index >= 15 is 0 Å². The average Bonchev–Trinajstić information content (AvgIpc) is 2.56. The predicted octanol–water partition coefficient (Wildman–Crippen LogP) is 3.26. The number of nitrogens with one attached hydrogen (secondary N) is 1. The van der Waals surface area contributed by atoms with Crippen LogP contribution in [0.5, 0.6) is 0 Å². The van der Waals surface area contributed by atoms with Crippen molar-refractivity contribution in [3.63, 3.8) is 0 Å². The first kappa shape index (κ1) is 13.3. The lowest BCUT2D eigenvalue weighted by molar-refractivity contribution is 0.110. The minimum atomic E-state index is -0.409. The zero-order valence-corrected chi connectivity index (χ0v) is 11.6. The molecule has 0 aliphatic carbocycles. The van der Waals surface area contributed by atoms with Gasteiger partial charge in [-0.05, 0) is 29.9 Å². The molecule has 0 spiro atoms. The van der Waals surface area contributed by atoms with Crippen LogP contribution in [0.4, 0.5) is 0 Å². The number of rotatable bonds is 3. The SMILES string of the molecule is OC(c1ccccc1)C1CCC(c2ccccc2)CN1. The highest BCUT2D eigenvalue weighted by Gasteiger charge is 2.27. The molecule has 1 fully saturated rings. The van der Waals surface area contributed by atoms with Crippen molar-refractivity contribution in [2.75, 3.05) is 6.54 Å². The van der Waals surface area contributed by atoms with Gasteiger partial charge in [0.1, 0.15) is 0 Å². The minimum absolute atomic E-state index is 0.164. The largest absolute Gasteiger partial charge is 0.387 e. The van der Waals surface area contributed by atoms with E-state index in [1.807, 2.05) is 30.3 Å². The summed E-state index contributed by atoms with van der Waals surface area (Å²) in [6, 6.07) is 20.7. The molecule has 2 aromatic carbocycles. The van der Waals surface area contributed by atoms with Gasteiger partial charge in [0, 0.05) is 12.6 Å². The van der Waals surface area contributed by atoms with Crippen LogP contribution in [0, 0.1) is 0 Å². The minimum Gasteiger partial charge on any atom is -0.387 e. The first-order valence-electron chi connectivity index (χ1n) is 7.36. The zero-order chi connectivity index (χ0) is 13.8. The third-order valence-corrected chi connectivity index (χ3v) is 4.25. The van der Waals surface area contributed by atoms with Gasteiger partial charge in [-0.25, -0.2) is 0 Å². The summed E-state index contributed by atoms with van der Waals surface area (Å²) in [5.41, 5.74) is 2.40. The number of hydrogen-bond donors (Lipinski definition) is 2. The summed E-state index contributed by atoms with van der Waals surface area (Å²) in [6.07, 6.45) is 1.73. The van der Waals surface area contributed by atoms with E-state index in [1.165, 1.54) is 5.56 Å². The molecule has 1 saturated heterocycles. The molecule has 1 heterocycles. The summed E-state index contributed by atoms with van der Waals surface area (Å²) in [6.45, 7) is 0.943. The Morgan fingerprint density at radius 3 is 2.15 bits per heavy atom. The fourth-order valence-corrected chi connectivity index (χ4v) is 3.04. The molecule has 3 atom stereocenters. The van der Waals surface area contributed by atoms with Crippen LogP contribution in [0.1, 0.15) is 36.0 Å². The molecule has 1 aliphatic heterocycles. The van der Waals surface area contributed by atoms with Crippen LogP contribution < -0.4 is 5.32 Å². The highest BCUT2D eigenvalue weighted by molar-refractivity contribution is 5.22. The second kappa shape index (κ2) is 6.21. The summed E-state index contributed by atoms with van der Waals surface area (Å²) in [7, 11) is 0. The molecule has 0 radical (unpaired) electrons. The Morgan fingerprint density at radius 1 is 0.900 bits per heavy atom. The van der Waals surface area contributed by atoms with Gasteiger partial charge in [-0.1, -0.05) is 60.7 Å². The van der Waals surface area contributed by atoms with Gasteiger partial charge in [0.05, 0.1) is 6.10 Å². The van der Waals surface area contributed by atoms with Crippen molar-refractivity contribution in [3.8, 4) is 0 Å². The number of piperidine rings is 1. The number of hydrogen-bond acceptors (Lipinski definition) is 2. The average molecular weight is 267 g/mol. The van der Waals surface area contributed by atoms with Crippen LogP contribution in [-0.2, 0) is 0 Å². The summed E-state index contributed by atoms with van der Waals surface area (Å²) in [5, 5.41) is 14.0. The molecule has 2 N–H and O–H groups in total. The van der Waals surface area contributed by atoms with Gasteiger partial charge < -0.3 is 10.4 Å².